The number of para-hydroxylation sites is 1. The van der Waals surface area contributed by atoms with Gasteiger partial charge in [0.1, 0.15) is 6.04 Å². The van der Waals surface area contributed by atoms with Crippen LogP contribution in [-0.4, -0.2) is 57.8 Å². The predicted octanol–water partition coefficient (Wildman–Crippen LogP) is 7.56. The van der Waals surface area contributed by atoms with Gasteiger partial charge in [0.25, 0.3) is 11.8 Å². The van der Waals surface area contributed by atoms with E-state index in [0.29, 0.717) is 80.1 Å². The molecule has 0 aliphatic carbocycles. The van der Waals surface area contributed by atoms with Gasteiger partial charge in [-0.3, -0.25) is 9.59 Å². The Labute approximate surface area is 292 Å². The van der Waals surface area contributed by atoms with Crippen molar-refractivity contribution >= 4 is 62.7 Å². The van der Waals surface area contributed by atoms with Crippen molar-refractivity contribution in [2.45, 2.75) is 44.6 Å². The topological polar surface area (TPSA) is 111 Å². The zero-order valence-corrected chi connectivity index (χ0v) is 29.7. The molecule has 2 amide bonds. The molecule has 1 aliphatic heterocycles. The first-order chi connectivity index (χ1) is 22.7. The number of ether oxygens (including phenoxy) is 2. The summed E-state index contributed by atoms with van der Waals surface area (Å²) < 4.78 is 14.3. The Morgan fingerprint density at radius 2 is 1.79 bits per heavy atom. The van der Waals surface area contributed by atoms with Gasteiger partial charge in [0.15, 0.2) is 18.1 Å². The molecule has 0 radical (unpaired) electrons. The minimum atomic E-state index is -0.681. The second-order valence-corrected chi connectivity index (χ2v) is 12.8. The first-order valence-corrected chi connectivity index (χ1v) is 17.4. The van der Waals surface area contributed by atoms with Crippen LogP contribution < -0.4 is 20.1 Å². The van der Waals surface area contributed by atoms with Crippen LogP contribution in [0.15, 0.2) is 87.6 Å². The van der Waals surface area contributed by atoms with Crippen molar-refractivity contribution < 1.29 is 19.1 Å². The molecule has 246 valence electrons. The Kier molecular flexibility index (Phi) is 11.5. The molecule has 2 heterocycles. The number of hydrogen-bond acceptors (Lipinski definition) is 8. The van der Waals surface area contributed by atoms with Gasteiger partial charge in [-0.2, -0.15) is 4.98 Å². The van der Waals surface area contributed by atoms with E-state index in [9.17, 15) is 9.59 Å². The minimum Gasteiger partial charge on any atom is -0.490 e. The van der Waals surface area contributed by atoms with Crippen molar-refractivity contribution in [3.63, 3.8) is 0 Å². The molecule has 10 nitrogen and oxygen atoms in total. The van der Waals surface area contributed by atoms with Crippen LogP contribution in [0.4, 0.5) is 11.6 Å². The fourth-order valence-corrected chi connectivity index (χ4v) is 6.91. The van der Waals surface area contributed by atoms with Crippen LogP contribution in [-0.2, 0) is 15.3 Å². The zero-order valence-electron chi connectivity index (χ0n) is 26.5. The minimum absolute atomic E-state index is 0.126. The molecule has 5 rings (SSSR count). The number of likely N-dealkylation sites (N-methyl/N-ethyl adjacent to an activating group) is 1. The molecular weight excluding hydrogens is 704 g/mol. The number of anilines is 2. The highest BCUT2D eigenvalue weighted by Crippen LogP contribution is 2.43. The molecule has 1 aliphatic rings. The average molecular weight is 740 g/mol. The third-order valence-corrected chi connectivity index (χ3v) is 9.37. The zero-order chi connectivity index (χ0) is 33.5. The van der Waals surface area contributed by atoms with Gasteiger partial charge in [0.2, 0.25) is 11.1 Å². The molecule has 47 heavy (non-hydrogen) atoms. The lowest BCUT2D eigenvalue weighted by molar-refractivity contribution is -0.133. The SMILES string of the molecule is CCOc1cc(C2C(C(=O)Nc3ccccc3)=C(C)Nc3nc(SCc4ccccc4Cl)nn32)cc(Br)c1OCC(=O)N(CC)CC. The number of halogens is 2. The van der Waals surface area contributed by atoms with Gasteiger partial charge < -0.3 is 25.0 Å². The van der Waals surface area contributed by atoms with Crippen LogP contribution >= 0.6 is 39.3 Å². The third kappa shape index (κ3) is 7.94. The van der Waals surface area contributed by atoms with E-state index in [4.69, 9.17) is 31.2 Å². The van der Waals surface area contributed by atoms with Crippen LogP contribution in [0.2, 0.25) is 5.02 Å². The lowest BCUT2D eigenvalue weighted by atomic mass is 9.94. The standard InChI is InChI=1S/C34H36BrClN6O4S/c1-5-41(6-2)28(43)19-46-31-25(35)17-23(18-27(31)45-7-3)30-29(32(44)38-24-14-9-8-10-15-24)21(4)37-33-39-34(40-42(30)33)47-20-22-13-11-12-16-26(22)36/h8-18,30H,5-7,19-20H2,1-4H3,(H,38,44)(H,37,39,40). The van der Waals surface area contributed by atoms with Gasteiger partial charge >= 0.3 is 0 Å². The van der Waals surface area contributed by atoms with Crippen molar-refractivity contribution in [2.24, 2.45) is 0 Å². The Morgan fingerprint density at radius 3 is 2.49 bits per heavy atom. The molecule has 0 fully saturated rings. The van der Waals surface area contributed by atoms with Crippen molar-refractivity contribution in [1.29, 1.82) is 0 Å². The number of hydrogen-bond donors (Lipinski definition) is 2. The van der Waals surface area contributed by atoms with Crippen LogP contribution in [0.5, 0.6) is 11.5 Å². The van der Waals surface area contributed by atoms with E-state index < -0.39 is 6.04 Å². The number of fused-ring (bicyclic) bond motifs is 1. The van der Waals surface area contributed by atoms with Crippen molar-refractivity contribution in [2.75, 3.05) is 36.9 Å². The Balaban J connectivity index is 1.54. The van der Waals surface area contributed by atoms with E-state index in [2.05, 4.69) is 26.6 Å². The summed E-state index contributed by atoms with van der Waals surface area (Å²) in [5.41, 5.74) is 3.42. The Hall–Kier alpha value is -4.00. The number of carbonyl (C=O) groups is 2. The fraction of sp³-hybridized carbons (Fsp3) is 0.294. The molecule has 0 bridgehead atoms. The van der Waals surface area contributed by atoms with Crippen molar-refractivity contribution in [3.05, 3.63) is 98.6 Å². The molecule has 2 N–H and O–H groups in total. The highest BCUT2D eigenvalue weighted by molar-refractivity contribution is 9.10. The van der Waals surface area contributed by atoms with Crippen molar-refractivity contribution in [1.82, 2.24) is 19.7 Å². The summed E-state index contributed by atoms with van der Waals surface area (Å²) >= 11 is 11.5. The highest BCUT2D eigenvalue weighted by atomic mass is 79.9. The number of rotatable bonds is 13. The van der Waals surface area contributed by atoms with Gasteiger partial charge in [0.05, 0.1) is 16.7 Å². The van der Waals surface area contributed by atoms with E-state index in [1.165, 1.54) is 11.8 Å². The summed E-state index contributed by atoms with van der Waals surface area (Å²) in [5.74, 6) is 1.47. The average Bonchev–Trinajstić information content (AvgIpc) is 3.46. The molecule has 0 saturated carbocycles. The van der Waals surface area contributed by atoms with E-state index in [-0.39, 0.29) is 18.4 Å². The first kappa shape index (κ1) is 34.3. The summed E-state index contributed by atoms with van der Waals surface area (Å²) in [4.78, 5) is 33.2. The molecular formula is C34H36BrClN6O4S. The number of nitrogens with one attached hydrogen (secondary N) is 2. The third-order valence-electron chi connectivity index (χ3n) is 7.53. The van der Waals surface area contributed by atoms with Gasteiger partial charge in [-0.25, -0.2) is 4.68 Å². The van der Waals surface area contributed by atoms with E-state index in [1.807, 2.05) is 94.4 Å². The lowest BCUT2D eigenvalue weighted by Gasteiger charge is -2.29. The number of thioether (sulfide) groups is 1. The molecule has 0 spiro atoms. The van der Waals surface area contributed by atoms with E-state index in [0.717, 1.165) is 5.56 Å². The Morgan fingerprint density at radius 1 is 1.06 bits per heavy atom. The van der Waals surface area contributed by atoms with Crippen molar-refractivity contribution in [3.8, 4) is 11.5 Å². The van der Waals surface area contributed by atoms with E-state index >= 15 is 0 Å². The van der Waals surface area contributed by atoms with Crippen LogP contribution in [0.25, 0.3) is 0 Å². The summed E-state index contributed by atoms with van der Waals surface area (Å²) in [6.45, 7) is 8.96. The number of allylic oxidation sites excluding steroid dienone is 1. The second kappa shape index (κ2) is 15.7. The summed E-state index contributed by atoms with van der Waals surface area (Å²) in [7, 11) is 0. The molecule has 0 saturated heterocycles. The Bertz CT molecular complexity index is 1780. The quantitative estimate of drug-likeness (QED) is 0.135. The smallest absolute Gasteiger partial charge is 0.260 e. The number of carbonyl (C=O) groups excluding carboxylic acids is 2. The van der Waals surface area contributed by atoms with Crippen LogP contribution in [0.1, 0.15) is 44.9 Å². The number of benzene rings is 3. The molecule has 4 aromatic rings. The number of nitrogens with zero attached hydrogens (tertiary/aromatic N) is 4. The molecule has 13 heteroatoms. The number of amides is 2. The molecule has 3 aromatic carbocycles. The largest absolute Gasteiger partial charge is 0.490 e. The second-order valence-electron chi connectivity index (χ2n) is 10.5. The molecule has 1 aromatic heterocycles. The highest BCUT2D eigenvalue weighted by Gasteiger charge is 2.35. The maximum Gasteiger partial charge on any atom is 0.260 e. The fourth-order valence-electron chi connectivity index (χ4n) is 5.22. The predicted molar refractivity (Wildman–Crippen MR) is 189 cm³/mol. The summed E-state index contributed by atoms with van der Waals surface area (Å²) in [6, 6.07) is 19.9. The summed E-state index contributed by atoms with van der Waals surface area (Å²) in [6.07, 6.45) is 0. The molecule has 1 unspecified atom stereocenters. The number of aromatic nitrogens is 3. The lowest BCUT2D eigenvalue weighted by Crippen LogP contribution is -2.34. The van der Waals surface area contributed by atoms with Crippen LogP contribution in [0, 0.1) is 0 Å². The maximum absolute atomic E-state index is 14.0. The first-order valence-electron chi connectivity index (χ1n) is 15.3. The van der Waals surface area contributed by atoms with Gasteiger partial charge in [-0.15, -0.1) is 5.10 Å². The van der Waals surface area contributed by atoms with Gasteiger partial charge in [-0.1, -0.05) is 59.8 Å². The van der Waals surface area contributed by atoms with Gasteiger partial charge in [-0.05, 0) is 85.1 Å². The van der Waals surface area contributed by atoms with E-state index in [1.54, 1.807) is 9.58 Å². The van der Waals surface area contributed by atoms with Gasteiger partial charge in [0, 0.05) is 35.2 Å². The normalized spacial score (nSPS) is 13.9. The van der Waals surface area contributed by atoms with Crippen LogP contribution in [0.3, 0.4) is 0 Å². The maximum atomic E-state index is 14.0. The summed E-state index contributed by atoms with van der Waals surface area (Å²) in [5, 5.41) is 12.4. The monoisotopic (exact) mass is 738 g/mol. The molecule has 1 atom stereocenters.